The van der Waals surface area contributed by atoms with E-state index in [4.69, 9.17) is 0 Å². The molecule has 0 atom stereocenters. The molecule has 0 unspecified atom stereocenters. The minimum Gasteiger partial charge on any atom is -0.309 e. The third-order valence-corrected chi connectivity index (χ3v) is 10.4. The van der Waals surface area contributed by atoms with Gasteiger partial charge in [0.2, 0.25) is 0 Å². The molecule has 0 amide bonds. The summed E-state index contributed by atoms with van der Waals surface area (Å²) in [5.41, 5.74) is 15.7. The Labute approximate surface area is 297 Å². The van der Waals surface area contributed by atoms with Gasteiger partial charge in [-0.2, -0.15) is 0 Å². The fraction of sp³-hybridized carbons (Fsp3) is 0.0204. The maximum atomic E-state index is 2.45. The summed E-state index contributed by atoms with van der Waals surface area (Å²) < 4.78 is 4.82. The quantitative estimate of drug-likeness (QED) is 0.175. The van der Waals surface area contributed by atoms with Crippen molar-refractivity contribution in [3.8, 4) is 44.8 Å². The lowest BCUT2D eigenvalue weighted by atomic mass is 10.00. The third-order valence-electron chi connectivity index (χ3n) is 10.4. The van der Waals surface area contributed by atoms with Crippen molar-refractivity contribution in [2.75, 3.05) is 0 Å². The van der Waals surface area contributed by atoms with E-state index in [-0.39, 0.29) is 0 Å². The average Bonchev–Trinajstić information content (AvgIpc) is 3.70. The summed E-state index contributed by atoms with van der Waals surface area (Å²) in [4.78, 5) is 0. The minimum absolute atomic E-state index is 1.16. The second-order valence-corrected chi connectivity index (χ2v) is 13.5. The predicted octanol–water partition coefficient (Wildman–Crippen LogP) is 13.2. The van der Waals surface area contributed by atoms with Gasteiger partial charge in [-0.1, -0.05) is 133 Å². The lowest BCUT2D eigenvalue weighted by Crippen LogP contribution is -1.95. The van der Waals surface area contributed by atoms with E-state index in [9.17, 15) is 0 Å². The van der Waals surface area contributed by atoms with Gasteiger partial charge in [0.05, 0.1) is 22.1 Å². The van der Waals surface area contributed by atoms with Gasteiger partial charge in [0.25, 0.3) is 0 Å². The van der Waals surface area contributed by atoms with Crippen molar-refractivity contribution in [2.45, 2.75) is 6.92 Å². The molecule has 0 saturated heterocycles. The van der Waals surface area contributed by atoms with Crippen LogP contribution in [-0.4, -0.2) is 9.13 Å². The normalized spacial score (nSPS) is 11.6. The molecule has 0 bridgehead atoms. The molecule has 2 nitrogen and oxygen atoms in total. The number of benzene rings is 8. The lowest BCUT2D eigenvalue weighted by Gasteiger charge is -2.12. The molecule has 2 heterocycles. The van der Waals surface area contributed by atoms with E-state index in [0.717, 1.165) is 5.69 Å². The summed E-state index contributed by atoms with van der Waals surface area (Å²) in [6, 6.07) is 68.6. The number of nitrogens with zero attached hydrogens (tertiary/aromatic N) is 2. The van der Waals surface area contributed by atoms with E-state index < -0.39 is 0 Å². The van der Waals surface area contributed by atoms with Crippen molar-refractivity contribution >= 4 is 43.6 Å². The predicted molar refractivity (Wildman–Crippen MR) is 216 cm³/mol. The molecule has 0 saturated carbocycles. The number of hydrogen-bond donors (Lipinski definition) is 0. The number of aromatic nitrogens is 2. The minimum atomic E-state index is 1.16. The van der Waals surface area contributed by atoms with Gasteiger partial charge < -0.3 is 9.13 Å². The highest BCUT2D eigenvalue weighted by Gasteiger charge is 2.17. The van der Waals surface area contributed by atoms with Gasteiger partial charge in [0, 0.05) is 32.9 Å². The molecule has 0 aliphatic heterocycles. The van der Waals surface area contributed by atoms with Crippen molar-refractivity contribution in [3.05, 3.63) is 194 Å². The van der Waals surface area contributed by atoms with Gasteiger partial charge in [0.15, 0.2) is 0 Å². The average molecular weight is 651 g/mol. The van der Waals surface area contributed by atoms with E-state index >= 15 is 0 Å². The molecule has 10 aromatic rings. The van der Waals surface area contributed by atoms with Gasteiger partial charge in [-0.25, -0.2) is 0 Å². The molecule has 0 fully saturated rings. The lowest BCUT2D eigenvalue weighted by molar-refractivity contribution is 1.18. The first-order valence-electron chi connectivity index (χ1n) is 17.6. The molecular weight excluding hydrogens is 617 g/mol. The molecule has 0 aliphatic rings. The van der Waals surface area contributed by atoms with Crippen LogP contribution in [0, 0.1) is 6.92 Å². The van der Waals surface area contributed by atoms with Crippen molar-refractivity contribution in [1.29, 1.82) is 0 Å². The second-order valence-electron chi connectivity index (χ2n) is 13.5. The summed E-state index contributed by atoms with van der Waals surface area (Å²) in [5.74, 6) is 0. The fourth-order valence-electron chi connectivity index (χ4n) is 7.90. The van der Waals surface area contributed by atoms with Gasteiger partial charge in [-0.3, -0.25) is 0 Å². The zero-order valence-electron chi connectivity index (χ0n) is 28.3. The van der Waals surface area contributed by atoms with Crippen LogP contribution in [0.2, 0.25) is 0 Å². The van der Waals surface area contributed by atoms with Crippen LogP contribution >= 0.6 is 0 Å². The smallest absolute Gasteiger partial charge is 0.0547 e. The second kappa shape index (κ2) is 11.8. The van der Waals surface area contributed by atoms with Crippen LogP contribution < -0.4 is 0 Å². The van der Waals surface area contributed by atoms with Gasteiger partial charge >= 0.3 is 0 Å². The molecule has 51 heavy (non-hydrogen) atoms. The summed E-state index contributed by atoms with van der Waals surface area (Å²) in [6.45, 7) is 2.18. The van der Waals surface area contributed by atoms with Crippen molar-refractivity contribution in [3.63, 3.8) is 0 Å². The standard InChI is InChI=1S/C49H34N2/c1-33-19-26-43-44-27-24-39(38-25-28-47-45(31-38)42-17-8-9-18-46(42)50(47)40-14-6-3-7-15-40)32-49(44)51(48(43)29-33)41-16-10-13-37(30-41)36-22-20-35(21-23-36)34-11-4-2-5-12-34/h2-32H,1H3. The summed E-state index contributed by atoms with van der Waals surface area (Å²) in [7, 11) is 0. The number of hydrogen-bond acceptors (Lipinski definition) is 0. The van der Waals surface area contributed by atoms with E-state index in [1.165, 1.54) is 88.2 Å². The Balaban J connectivity index is 1.12. The fourth-order valence-corrected chi connectivity index (χ4v) is 7.90. The van der Waals surface area contributed by atoms with E-state index in [2.05, 4.69) is 204 Å². The topological polar surface area (TPSA) is 9.86 Å². The summed E-state index contributed by atoms with van der Waals surface area (Å²) in [6.07, 6.45) is 0. The Kier molecular flexibility index (Phi) is 6.75. The van der Waals surface area contributed by atoms with E-state index in [1.54, 1.807) is 0 Å². The maximum absolute atomic E-state index is 2.45. The number of aryl methyl sites for hydroxylation is 1. The molecule has 2 heteroatoms. The number of para-hydroxylation sites is 2. The SMILES string of the molecule is Cc1ccc2c3ccc(-c4ccc5c(c4)c4ccccc4n5-c4ccccc4)cc3n(-c3cccc(-c4ccc(-c5ccccc5)cc4)c3)c2c1. The van der Waals surface area contributed by atoms with Crippen LogP contribution in [0.4, 0.5) is 0 Å². The molecule has 0 spiro atoms. The molecule has 0 N–H and O–H groups in total. The highest BCUT2D eigenvalue weighted by atomic mass is 15.0. The molecule has 10 rings (SSSR count). The molecule has 0 radical (unpaired) electrons. The molecule has 8 aromatic carbocycles. The van der Waals surface area contributed by atoms with Crippen LogP contribution in [0.1, 0.15) is 5.56 Å². The Bertz CT molecular complexity index is 2890. The molecule has 0 aliphatic carbocycles. The van der Waals surface area contributed by atoms with Crippen LogP contribution in [0.3, 0.4) is 0 Å². The molecule has 2 aromatic heterocycles. The van der Waals surface area contributed by atoms with Gasteiger partial charge in [0.1, 0.15) is 0 Å². The first-order valence-corrected chi connectivity index (χ1v) is 17.6. The number of rotatable bonds is 5. The first kappa shape index (κ1) is 29.3. The summed E-state index contributed by atoms with van der Waals surface area (Å²) in [5, 5.41) is 5.04. The van der Waals surface area contributed by atoms with Crippen LogP contribution in [0.15, 0.2) is 188 Å². The van der Waals surface area contributed by atoms with Crippen molar-refractivity contribution < 1.29 is 0 Å². The van der Waals surface area contributed by atoms with Crippen LogP contribution in [0.25, 0.3) is 88.4 Å². The van der Waals surface area contributed by atoms with Crippen molar-refractivity contribution in [2.24, 2.45) is 0 Å². The number of fused-ring (bicyclic) bond motifs is 6. The zero-order chi connectivity index (χ0) is 33.9. The largest absolute Gasteiger partial charge is 0.309 e. The highest BCUT2D eigenvalue weighted by Crippen LogP contribution is 2.39. The zero-order valence-corrected chi connectivity index (χ0v) is 28.3. The Morgan fingerprint density at radius 1 is 0.275 bits per heavy atom. The Morgan fingerprint density at radius 3 is 1.57 bits per heavy atom. The molecular formula is C49H34N2. The Morgan fingerprint density at radius 2 is 0.765 bits per heavy atom. The first-order chi connectivity index (χ1) is 25.2. The maximum Gasteiger partial charge on any atom is 0.0547 e. The van der Waals surface area contributed by atoms with Gasteiger partial charge in [-0.15, -0.1) is 0 Å². The monoisotopic (exact) mass is 650 g/mol. The van der Waals surface area contributed by atoms with E-state index in [1.807, 2.05) is 0 Å². The van der Waals surface area contributed by atoms with Gasteiger partial charge in [-0.05, 0) is 100 Å². The Hall–Kier alpha value is -6.64. The third kappa shape index (κ3) is 4.87. The van der Waals surface area contributed by atoms with Crippen molar-refractivity contribution in [1.82, 2.24) is 9.13 Å². The van der Waals surface area contributed by atoms with E-state index in [0.29, 0.717) is 0 Å². The summed E-state index contributed by atoms with van der Waals surface area (Å²) >= 11 is 0. The van der Waals surface area contributed by atoms with Crippen LogP contribution in [0.5, 0.6) is 0 Å². The highest BCUT2D eigenvalue weighted by molar-refractivity contribution is 6.12. The molecule has 240 valence electrons. The van der Waals surface area contributed by atoms with Crippen LogP contribution in [-0.2, 0) is 0 Å².